The van der Waals surface area contributed by atoms with E-state index in [1.54, 1.807) is 0 Å². The Morgan fingerprint density at radius 3 is 1.26 bits per heavy atom. The van der Waals surface area contributed by atoms with Crippen molar-refractivity contribution < 1.29 is 14.4 Å². The molecule has 0 amide bonds. The molecule has 0 aromatic heterocycles. The predicted octanol–water partition coefficient (Wildman–Crippen LogP) is 4.29. The first kappa shape index (κ1) is 22.4. The van der Waals surface area contributed by atoms with Gasteiger partial charge in [-0.1, -0.05) is 59.3 Å². The lowest BCUT2D eigenvalue weighted by molar-refractivity contribution is -0.923. The number of hydrogen-bond acceptors (Lipinski definition) is 2. The van der Waals surface area contributed by atoms with Crippen LogP contribution >= 0.6 is 0 Å². The molecule has 0 rings (SSSR count). The van der Waals surface area contributed by atoms with Crippen molar-refractivity contribution in [2.75, 3.05) is 26.2 Å². The van der Waals surface area contributed by atoms with Gasteiger partial charge in [0.1, 0.15) is 6.54 Å². The Balaban J connectivity index is 4.61. The lowest BCUT2D eigenvalue weighted by Crippen LogP contribution is -2.55. The standard InChI is InChI=1S/C20H41NO2/c1-4-7-10-13-16-21(19-20(22)23,17-14-11-8-5-2)18-15-12-9-6-3/h4-19H2,1-3H3. The SMILES string of the molecule is CCCCCC[N+](CCCCCC)(CCCCCC)CC(=O)[O-]. The maximum absolute atomic E-state index is 11.4. The number of rotatable bonds is 17. The molecule has 0 aromatic carbocycles. The Morgan fingerprint density at radius 2 is 1.00 bits per heavy atom. The van der Waals surface area contributed by atoms with E-state index in [9.17, 15) is 9.90 Å². The van der Waals surface area contributed by atoms with E-state index in [1.165, 1.54) is 57.8 Å². The summed E-state index contributed by atoms with van der Waals surface area (Å²) in [5.41, 5.74) is 0. The van der Waals surface area contributed by atoms with Crippen LogP contribution in [0.3, 0.4) is 0 Å². The average molecular weight is 328 g/mol. The van der Waals surface area contributed by atoms with Gasteiger partial charge in [-0.25, -0.2) is 0 Å². The van der Waals surface area contributed by atoms with Gasteiger partial charge in [-0.15, -0.1) is 0 Å². The average Bonchev–Trinajstić information content (AvgIpc) is 2.52. The molecule has 23 heavy (non-hydrogen) atoms. The molecule has 0 atom stereocenters. The van der Waals surface area contributed by atoms with Crippen molar-refractivity contribution in [3.05, 3.63) is 0 Å². The smallest absolute Gasteiger partial charge is 0.119 e. The van der Waals surface area contributed by atoms with Gasteiger partial charge < -0.3 is 14.4 Å². The van der Waals surface area contributed by atoms with Crippen molar-refractivity contribution in [3.8, 4) is 0 Å². The summed E-state index contributed by atoms with van der Waals surface area (Å²) >= 11 is 0. The normalized spacial score (nSPS) is 11.8. The second-order valence-corrected chi connectivity index (χ2v) is 7.22. The maximum Gasteiger partial charge on any atom is 0.119 e. The second-order valence-electron chi connectivity index (χ2n) is 7.22. The highest BCUT2D eigenvalue weighted by Gasteiger charge is 2.26. The van der Waals surface area contributed by atoms with Gasteiger partial charge in [-0.05, 0) is 38.5 Å². The first-order chi connectivity index (χ1) is 11.1. The largest absolute Gasteiger partial charge is 0.544 e. The lowest BCUT2D eigenvalue weighted by Gasteiger charge is -2.39. The van der Waals surface area contributed by atoms with Crippen molar-refractivity contribution >= 4 is 5.97 Å². The van der Waals surface area contributed by atoms with Crippen LogP contribution in [0.15, 0.2) is 0 Å². The fraction of sp³-hybridized carbons (Fsp3) is 0.950. The first-order valence-corrected chi connectivity index (χ1v) is 10.1. The van der Waals surface area contributed by atoms with Gasteiger partial charge in [0.2, 0.25) is 0 Å². The van der Waals surface area contributed by atoms with Gasteiger partial charge in [-0.3, -0.25) is 0 Å². The number of carbonyl (C=O) groups excluding carboxylic acids is 1. The molecule has 0 unspecified atom stereocenters. The molecule has 0 heterocycles. The molecule has 0 bridgehead atoms. The minimum Gasteiger partial charge on any atom is -0.544 e. The number of carboxylic acid groups (broad SMARTS) is 1. The number of quaternary nitrogens is 1. The molecule has 0 aromatic rings. The van der Waals surface area contributed by atoms with Gasteiger partial charge in [0.15, 0.2) is 0 Å². The van der Waals surface area contributed by atoms with E-state index < -0.39 is 5.97 Å². The van der Waals surface area contributed by atoms with E-state index in [0.29, 0.717) is 0 Å². The molecule has 138 valence electrons. The third-order valence-electron chi connectivity index (χ3n) is 4.92. The molecule has 0 fully saturated rings. The van der Waals surface area contributed by atoms with Gasteiger partial charge in [-0.2, -0.15) is 0 Å². The van der Waals surface area contributed by atoms with Crippen molar-refractivity contribution in [3.63, 3.8) is 0 Å². The van der Waals surface area contributed by atoms with Crippen molar-refractivity contribution in [2.24, 2.45) is 0 Å². The highest BCUT2D eigenvalue weighted by molar-refractivity contribution is 5.65. The Labute approximate surface area is 145 Å². The molecule has 0 radical (unpaired) electrons. The molecule has 0 aliphatic heterocycles. The highest BCUT2D eigenvalue weighted by Crippen LogP contribution is 2.17. The number of unbranched alkanes of at least 4 members (excludes halogenated alkanes) is 9. The fourth-order valence-electron chi connectivity index (χ4n) is 3.47. The fourth-order valence-corrected chi connectivity index (χ4v) is 3.47. The van der Waals surface area contributed by atoms with Crippen LogP contribution in [0.1, 0.15) is 97.8 Å². The van der Waals surface area contributed by atoms with Crippen LogP contribution in [-0.4, -0.2) is 36.6 Å². The topological polar surface area (TPSA) is 40.1 Å². The predicted molar refractivity (Wildman–Crippen MR) is 97.2 cm³/mol. The van der Waals surface area contributed by atoms with Gasteiger partial charge in [0.05, 0.1) is 25.6 Å². The van der Waals surface area contributed by atoms with Gasteiger partial charge in [0.25, 0.3) is 0 Å². The summed E-state index contributed by atoms with van der Waals surface area (Å²) in [6.45, 7) is 9.94. The molecule has 0 N–H and O–H groups in total. The van der Waals surface area contributed by atoms with Crippen LogP contribution < -0.4 is 5.11 Å². The van der Waals surface area contributed by atoms with Crippen LogP contribution in [0.2, 0.25) is 0 Å². The van der Waals surface area contributed by atoms with E-state index in [2.05, 4.69) is 20.8 Å². The number of carboxylic acids is 1. The van der Waals surface area contributed by atoms with Crippen LogP contribution in [0, 0.1) is 0 Å². The molecule has 0 saturated carbocycles. The third-order valence-corrected chi connectivity index (χ3v) is 4.92. The molecular formula is C20H41NO2. The summed E-state index contributed by atoms with van der Waals surface area (Å²) in [6, 6.07) is 0. The summed E-state index contributed by atoms with van der Waals surface area (Å²) in [5, 5.41) is 11.4. The number of aliphatic carboxylic acids is 1. The summed E-state index contributed by atoms with van der Waals surface area (Å²) < 4.78 is 0.763. The van der Waals surface area contributed by atoms with Gasteiger partial charge in [0, 0.05) is 0 Å². The minimum absolute atomic E-state index is 0.213. The molecule has 3 heteroatoms. The Kier molecular flexibility index (Phi) is 14.6. The molecule has 0 spiro atoms. The Hall–Kier alpha value is -0.570. The molecule has 3 nitrogen and oxygen atoms in total. The van der Waals surface area contributed by atoms with E-state index in [-0.39, 0.29) is 6.54 Å². The summed E-state index contributed by atoms with van der Waals surface area (Å²) in [4.78, 5) is 11.4. The molecule has 0 saturated heterocycles. The van der Waals surface area contributed by atoms with Crippen molar-refractivity contribution in [1.29, 1.82) is 0 Å². The van der Waals surface area contributed by atoms with E-state index in [0.717, 1.165) is 43.4 Å². The van der Waals surface area contributed by atoms with Crippen LogP contribution in [0.4, 0.5) is 0 Å². The number of carbonyl (C=O) groups is 1. The van der Waals surface area contributed by atoms with Crippen LogP contribution in [0.5, 0.6) is 0 Å². The van der Waals surface area contributed by atoms with Crippen LogP contribution in [-0.2, 0) is 4.79 Å². The van der Waals surface area contributed by atoms with E-state index in [4.69, 9.17) is 0 Å². The molecule has 0 aliphatic rings. The Bertz CT molecular complexity index is 248. The zero-order chi connectivity index (χ0) is 17.4. The minimum atomic E-state index is -0.869. The first-order valence-electron chi connectivity index (χ1n) is 10.1. The zero-order valence-corrected chi connectivity index (χ0v) is 16.1. The Morgan fingerprint density at radius 1 is 0.652 bits per heavy atom. The number of nitrogens with zero attached hydrogens (tertiary/aromatic N) is 1. The van der Waals surface area contributed by atoms with Crippen molar-refractivity contribution in [2.45, 2.75) is 97.8 Å². The van der Waals surface area contributed by atoms with E-state index in [1.807, 2.05) is 0 Å². The molecule has 0 aliphatic carbocycles. The van der Waals surface area contributed by atoms with Gasteiger partial charge >= 0.3 is 0 Å². The van der Waals surface area contributed by atoms with Crippen LogP contribution in [0.25, 0.3) is 0 Å². The highest BCUT2D eigenvalue weighted by atomic mass is 16.4. The molecular weight excluding hydrogens is 286 g/mol. The maximum atomic E-state index is 11.4. The second kappa shape index (κ2) is 15.0. The monoisotopic (exact) mass is 327 g/mol. The number of hydrogen-bond donors (Lipinski definition) is 0. The summed E-state index contributed by atoms with van der Waals surface area (Å²) in [6.07, 6.45) is 14.6. The quantitative estimate of drug-likeness (QED) is 0.295. The third kappa shape index (κ3) is 12.5. The zero-order valence-electron chi connectivity index (χ0n) is 16.1. The lowest BCUT2D eigenvalue weighted by atomic mass is 10.1. The van der Waals surface area contributed by atoms with E-state index >= 15 is 0 Å². The van der Waals surface area contributed by atoms with Crippen molar-refractivity contribution in [1.82, 2.24) is 0 Å². The summed E-state index contributed by atoms with van der Waals surface area (Å²) in [5.74, 6) is -0.869. The summed E-state index contributed by atoms with van der Waals surface area (Å²) in [7, 11) is 0.